The van der Waals surface area contributed by atoms with E-state index in [1.807, 2.05) is 16.8 Å². The first-order chi connectivity index (χ1) is 7.75. The number of nitrogens with one attached hydrogen (secondary N) is 2. The molecule has 0 saturated heterocycles. The van der Waals surface area contributed by atoms with Crippen LogP contribution in [0.3, 0.4) is 0 Å². The number of aliphatic hydroxyl groups is 1. The Bertz CT molecular complexity index is 336. The average Bonchev–Trinajstić information content (AvgIpc) is 2.95. The van der Waals surface area contributed by atoms with E-state index in [-0.39, 0.29) is 12.5 Å². The van der Waals surface area contributed by atoms with E-state index in [4.69, 9.17) is 0 Å². The number of carbonyl (C=O) groups is 1. The predicted octanol–water partition coefficient (Wildman–Crippen LogP) is 0.650. The molecule has 1 aliphatic carbocycles. The summed E-state index contributed by atoms with van der Waals surface area (Å²) >= 11 is 1.54. The summed E-state index contributed by atoms with van der Waals surface area (Å²) in [5.41, 5.74) is 0.862. The Balaban J connectivity index is 1.64. The fourth-order valence-corrected chi connectivity index (χ4v) is 2.09. The Morgan fingerprint density at radius 3 is 3.06 bits per heavy atom. The topological polar surface area (TPSA) is 61.4 Å². The molecule has 16 heavy (non-hydrogen) atoms. The maximum Gasteiger partial charge on any atom is 0.234 e. The second kappa shape index (κ2) is 5.43. The van der Waals surface area contributed by atoms with Gasteiger partial charge in [-0.2, -0.15) is 11.3 Å². The van der Waals surface area contributed by atoms with Crippen molar-refractivity contribution in [3.63, 3.8) is 0 Å². The summed E-state index contributed by atoms with van der Waals surface area (Å²) in [5.74, 6) is -0.0545. The number of hydrogen-bond donors (Lipinski definition) is 3. The van der Waals surface area contributed by atoms with Crippen LogP contribution in [0.15, 0.2) is 16.8 Å². The Labute approximate surface area is 98.7 Å². The molecule has 1 aliphatic rings. The number of rotatable bonds is 6. The lowest BCUT2D eigenvalue weighted by Gasteiger charge is -2.10. The molecular formula is C11H16N2O2S. The molecule has 1 amide bonds. The van der Waals surface area contributed by atoms with Crippen LogP contribution >= 0.6 is 11.3 Å². The van der Waals surface area contributed by atoms with Crippen molar-refractivity contribution >= 4 is 17.2 Å². The summed E-state index contributed by atoms with van der Waals surface area (Å²) in [6, 6.07) is 2.40. The van der Waals surface area contributed by atoms with E-state index >= 15 is 0 Å². The highest BCUT2D eigenvalue weighted by atomic mass is 32.1. The smallest absolute Gasteiger partial charge is 0.234 e. The van der Waals surface area contributed by atoms with Gasteiger partial charge in [0.1, 0.15) is 0 Å². The molecule has 1 fully saturated rings. The van der Waals surface area contributed by atoms with E-state index in [1.165, 1.54) is 24.2 Å². The quantitative estimate of drug-likeness (QED) is 0.684. The lowest BCUT2D eigenvalue weighted by atomic mass is 10.2. The minimum absolute atomic E-state index is 0.0545. The summed E-state index contributed by atoms with van der Waals surface area (Å²) < 4.78 is 0. The first-order valence-corrected chi connectivity index (χ1v) is 6.40. The normalized spacial score (nSPS) is 17.1. The molecule has 1 atom stereocenters. The number of amides is 1. The number of hydrogen-bond acceptors (Lipinski definition) is 4. The van der Waals surface area contributed by atoms with Crippen LogP contribution in [-0.2, 0) is 4.79 Å². The van der Waals surface area contributed by atoms with Crippen molar-refractivity contribution < 1.29 is 9.90 Å². The van der Waals surface area contributed by atoms with Gasteiger partial charge >= 0.3 is 0 Å². The highest BCUT2D eigenvalue weighted by Crippen LogP contribution is 2.18. The Morgan fingerprint density at radius 1 is 1.62 bits per heavy atom. The SMILES string of the molecule is O=C(CNC1CC1)NCC(O)c1ccsc1. The predicted molar refractivity (Wildman–Crippen MR) is 63.3 cm³/mol. The maximum atomic E-state index is 11.4. The minimum atomic E-state index is -0.601. The molecule has 0 aliphatic heterocycles. The summed E-state index contributed by atoms with van der Waals surface area (Å²) in [5, 5.41) is 19.3. The fraction of sp³-hybridized carbons (Fsp3) is 0.545. The van der Waals surface area contributed by atoms with Gasteiger partial charge in [-0.05, 0) is 35.2 Å². The molecule has 0 bridgehead atoms. The lowest BCUT2D eigenvalue weighted by molar-refractivity contribution is -0.120. The van der Waals surface area contributed by atoms with Crippen LogP contribution in [-0.4, -0.2) is 30.1 Å². The van der Waals surface area contributed by atoms with E-state index in [1.54, 1.807) is 0 Å². The first kappa shape index (κ1) is 11.6. The molecular weight excluding hydrogens is 224 g/mol. The van der Waals surface area contributed by atoms with Gasteiger partial charge < -0.3 is 15.7 Å². The van der Waals surface area contributed by atoms with E-state index in [9.17, 15) is 9.90 Å². The lowest BCUT2D eigenvalue weighted by Crippen LogP contribution is -2.36. The van der Waals surface area contributed by atoms with Gasteiger partial charge in [0, 0.05) is 12.6 Å². The van der Waals surface area contributed by atoms with Crippen molar-refractivity contribution in [3.8, 4) is 0 Å². The number of carbonyl (C=O) groups excluding carboxylic acids is 1. The fourth-order valence-electron chi connectivity index (χ4n) is 1.38. The largest absolute Gasteiger partial charge is 0.387 e. The standard InChI is InChI=1S/C11H16N2O2S/c14-10(8-3-4-16-7-8)5-13-11(15)6-12-9-1-2-9/h3-4,7,9-10,12,14H,1-2,5-6H2,(H,13,15). The van der Waals surface area contributed by atoms with E-state index < -0.39 is 6.10 Å². The van der Waals surface area contributed by atoms with Gasteiger partial charge in [0.25, 0.3) is 0 Å². The molecule has 4 nitrogen and oxygen atoms in total. The molecule has 0 radical (unpaired) electrons. The van der Waals surface area contributed by atoms with Crippen LogP contribution in [0.25, 0.3) is 0 Å². The van der Waals surface area contributed by atoms with Crippen LogP contribution in [0.5, 0.6) is 0 Å². The van der Waals surface area contributed by atoms with Gasteiger partial charge in [0.05, 0.1) is 12.6 Å². The van der Waals surface area contributed by atoms with E-state index in [2.05, 4.69) is 10.6 Å². The molecule has 1 aromatic rings. The van der Waals surface area contributed by atoms with Gasteiger partial charge in [0.2, 0.25) is 5.91 Å². The van der Waals surface area contributed by atoms with E-state index in [0.29, 0.717) is 12.6 Å². The Hall–Kier alpha value is -0.910. The third kappa shape index (κ3) is 3.59. The van der Waals surface area contributed by atoms with Crippen molar-refractivity contribution in [1.82, 2.24) is 10.6 Å². The van der Waals surface area contributed by atoms with Crippen LogP contribution in [0.2, 0.25) is 0 Å². The average molecular weight is 240 g/mol. The molecule has 5 heteroatoms. The van der Waals surface area contributed by atoms with Gasteiger partial charge in [-0.1, -0.05) is 0 Å². The molecule has 2 rings (SSSR count). The zero-order chi connectivity index (χ0) is 11.4. The Kier molecular flexibility index (Phi) is 3.93. The first-order valence-electron chi connectivity index (χ1n) is 5.46. The van der Waals surface area contributed by atoms with Crippen molar-refractivity contribution in [1.29, 1.82) is 0 Å². The number of thiophene rings is 1. The third-order valence-corrected chi connectivity index (χ3v) is 3.25. The molecule has 3 N–H and O–H groups in total. The van der Waals surface area contributed by atoms with Gasteiger partial charge in [0.15, 0.2) is 0 Å². The number of aliphatic hydroxyl groups excluding tert-OH is 1. The highest BCUT2D eigenvalue weighted by molar-refractivity contribution is 7.07. The molecule has 1 unspecified atom stereocenters. The van der Waals surface area contributed by atoms with Crippen molar-refractivity contribution in [2.24, 2.45) is 0 Å². The molecule has 0 aromatic carbocycles. The van der Waals surface area contributed by atoms with Crippen LogP contribution in [0.1, 0.15) is 24.5 Å². The van der Waals surface area contributed by atoms with Crippen LogP contribution in [0, 0.1) is 0 Å². The monoisotopic (exact) mass is 240 g/mol. The van der Waals surface area contributed by atoms with E-state index in [0.717, 1.165) is 5.56 Å². The van der Waals surface area contributed by atoms with Gasteiger partial charge in [-0.25, -0.2) is 0 Å². The second-order valence-corrected chi connectivity index (χ2v) is 4.81. The molecule has 0 spiro atoms. The second-order valence-electron chi connectivity index (χ2n) is 4.03. The van der Waals surface area contributed by atoms with Gasteiger partial charge in [-0.3, -0.25) is 4.79 Å². The van der Waals surface area contributed by atoms with Crippen LogP contribution in [0.4, 0.5) is 0 Å². The summed E-state index contributed by atoms with van der Waals surface area (Å²) in [6.07, 6.45) is 1.74. The van der Waals surface area contributed by atoms with Gasteiger partial charge in [-0.15, -0.1) is 0 Å². The maximum absolute atomic E-state index is 11.4. The summed E-state index contributed by atoms with van der Waals surface area (Å²) in [6.45, 7) is 0.628. The zero-order valence-electron chi connectivity index (χ0n) is 8.98. The molecule has 1 aromatic heterocycles. The van der Waals surface area contributed by atoms with Crippen molar-refractivity contribution in [2.75, 3.05) is 13.1 Å². The minimum Gasteiger partial charge on any atom is -0.387 e. The van der Waals surface area contributed by atoms with Crippen molar-refractivity contribution in [3.05, 3.63) is 22.4 Å². The molecule has 1 saturated carbocycles. The van der Waals surface area contributed by atoms with Crippen molar-refractivity contribution in [2.45, 2.75) is 25.0 Å². The Morgan fingerprint density at radius 2 is 2.44 bits per heavy atom. The summed E-state index contributed by atoms with van der Waals surface area (Å²) in [7, 11) is 0. The molecule has 1 heterocycles. The highest BCUT2D eigenvalue weighted by Gasteiger charge is 2.21. The summed E-state index contributed by atoms with van der Waals surface area (Å²) in [4.78, 5) is 11.4. The third-order valence-electron chi connectivity index (χ3n) is 2.55. The zero-order valence-corrected chi connectivity index (χ0v) is 9.80. The molecule has 88 valence electrons. The van der Waals surface area contributed by atoms with Crippen LogP contribution < -0.4 is 10.6 Å².